The second-order valence-corrected chi connectivity index (χ2v) is 5.42. The molecule has 0 amide bonds. The van der Waals surface area contributed by atoms with Crippen LogP contribution in [0.5, 0.6) is 0 Å². The van der Waals surface area contributed by atoms with Gasteiger partial charge in [-0.1, -0.05) is 24.6 Å². The zero-order valence-electron chi connectivity index (χ0n) is 11.0. The van der Waals surface area contributed by atoms with Gasteiger partial charge in [0.15, 0.2) is 0 Å². The van der Waals surface area contributed by atoms with E-state index in [2.05, 4.69) is 28.2 Å². The molecular weight excluding hydrogens is 246 g/mol. The van der Waals surface area contributed by atoms with Crippen LogP contribution in [0.25, 0.3) is 0 Å². The molecule has 18 heavy (non-hydrogen) atoms. The van der Waals surface area contributed by atoms with E-state index in [-0.39, 0.29) is 0 Å². The van der Waals surface area contributed by atoms with Gasteiger partial charge in [-0.3, -0.25) is 4.90 Å². The van der Waals surface area contributed by atoms with Crippen LogP contribution in [0.4, 0.5) is 0 Å². The van der Waals surface area contributed by atoms with Crippen LogP contribution in [0.1, 0.15) is 25.3 Å². The van der Waals surface area contributed by atoms with Crippen molar-refractivity contribution in [2.45, 2.75) is 26.3 Å². The number of nitrogens with zero attached hydrogens (tertiary/aromatic N) is 2. The van der Waals surface area contributed by atoms with Crippen LogP contribution >= 0.6 is 11.6 Å². The van der Waals surface area contributed by atoms with Crippen LogP contribution in [0, 0.1) is 5.92 Å². The topological polar surface area (TPSA) is 28.2 Å². The SMILES string of the molecule is CCN(Cc1ccc(Cl)nc1)CC1CCCNC1. The average molecular weight is 268 g/mol. The van der Waals surface area contributed by atoms with E-state index in [9.17, 15) is 0 Å². The van der Waals surface area contributed by atoms with Gasteiger partial charge in [-0.2, -0.15) is 0 Å². The summed E-state index contributed by atoms with van der Waals surface area (Å²) in [6.45, 7) is 7.79. The lowest BCUT2D eigenvalue weighted by Gasteiger charge is -2.29. The summed E-state index contributed by atoms with van der Waals surface area (Å²) in [6.07, 6.45) is 4.54. The van der Waals surface area contributed by atoms with Crippen molar-refractivity contribution >= 4 is 11.6 Å². The number of aromatic nitrogens is 1. The van der Waals surface area contributed by atoms with Crippen LogP contribution in [0.3, 0.4) is 0 Å². The second kappa shape index (κ2) is 7.07. The molecule has 1 aromatic heterocycles. The third kappa shape index (κ3) is 4.23. The van der Waals surface area contributed by atoms with Crippen LogP contribution in [0.15, 0.2) is 18.3 Å². The highest BCUT2D eigenvalue weighted by Crippen LogP contribution is 2.14. The van der Waals surface area contributed by atoms with Crippen molar-refractivity contribution in [1.82, 2.24) is 15.2 Å². The van der Waals surface area contributed by atoms with Gasteiger partial charge in [0, 0.05) is 19.3 Å². The minimum atomic E-state index is 0.568. The Kier molecular flexibility index (Phi) is 5.42. The van der Waals surface area contributed by atoms with E-state index >= 15 is 0 Å². The van der Waals surface area contributed by atoms with E-state index in [1.807, 2.05) is 12.3 Å². The second-order valence-electron chi connectivity index (χ2n) is 5.03. The predicted octanol–water partition coefficient (Wildman–Crippen LogP) is 2.56. The summed E-state index contributed by atoms with van der Waals surface area (Å²) in [4.78, 5) is 6.63. The number of hydrogen-bond acceptors (Lipinski definition) is 3. The number of pyridine rings is 1. The highest BCUT2D eigenvalue weighted by Gasteiger charge is 2.16. The van der Waals surface area contributed by atoms with Crippen LogP contribution in [-0.4, -0.2) is 36.1 Å². The molecule has 2 heterocycles. The molecule has 1 N–H and O–H groups in total. The molecule has 100 valence electrons. The molecule has 1 aliphatic rings. The molecule has 1 fully saturated rings. The van der Waals surface area contributed by atoms with Gasteiger partial charge in [0.05, 0.1) is 0 Å². The van der Waals surface area contributed by atoms with E-state index in [4.69, 9.17) is 11.6 Å². The quantitative estimate of drug-likeness (QED) is 0.831. The summed E-state index contributed by atoms with van der Waals surface area (Å²) in [6, 6.07) is 3.93. The van der Waals surface area contributed by atoms with Gasteiger partial charge in [-0.25, -0.2) is 4.98 Å². The van der Waals surface area contributed by atoms with Gasteiger partial charge in [-0.15, -0.1) is 0 Å². The van der Waals surface area contributed by atoms with Crippen molar-refractivity contribution in [2.24, 2.45) is 5.92 Å². The molecule has 3 nitrogen and oxygen atoms in total. The molecule has 1 atom stereocenters. The first-order valence-electron chi connectivity index (χ1n) is 6.81. The highest BCUT2D eigenvalue weighted by atomic mass is 35.5. The van der Waals surface area contributed by atoms with Crippen molar-refractivity contribution in [2.75, 3.05) is 26.2 Å². The van der Waals surface area contributed by atoms with E-state index in [1.165, 1.54) is 31.5 Å². The van der Waals surface area contributed by atoms with Gasteiger partial charge in [0.25, 0.3) is 0 Å². The molecule has 1 aromatic rings. The Balaban J connectivity index is 1.86. The summed E-state index contributed by atoms with van der Waals surface area (Å²) in [7, 11) is 0. The van der Waals surface area contributed by atoms with Crippen molar-refractivity contribution in [3.05, 3.63) is 29.0 Å². The normalized spacial score (nSPS) is 20.3. The molecule has 0 bridgehead atoms. The number of piperidine rings is 1. The first-order chi connectivity index (χ1) is 8.78. The molecule has 0 aromatic carbocycles. The molecule has 0 spiro atoms. The minimum absolute atomic E-state index is 0.568. The fourth-order valence-electron chi connectivity index (χ4n) is 2.51. The van der Waals surface area contributed by atoms with E-state index in [1.54, 1.807) is 0 Å². The third-order valence-corrected chi connectivity index (χ3v) is 3.78. The number of hydrogen-bond donors (Lipinski definition) is 1. The number of rotatable bonds is 5. The molecule has 0 radical (unpaired) electrons. The predicted molar refractivity (Wildman–Crippen MR) is 75.8 cm³/mol. The highest BCUT2D eigenvalue weighted by molar-refractivity contribution is 6.29. The first kappa shape index (κ1) is 13.8. The number of nitrogens with one attached hydrogen (secondary N) is 1. The van der Waals surface area contributed by atoms with Crippen LogP contribution in [-0.2, 0) is 6.54 Å². The van der Waals surface area contributed by atoms with Gasteiger partial charge in [0.1, 0.15) is 5.15 Å². The largest absolute Gasteiger partial charge is 0.316 e. The lowest BCUT2D eigenvalue weighted by Crippen LogP contribution is -2.38. The monoisotopic (exact) mass is 267 g/mol. The Morgan fingerprint density at radius 2 is 2.39 bits per heavy atom. The molecule has 2 rings (SSSR count). The zero-order chi connectivity index (χ0) is 12.8. The van der Waals surface area contributed by atoms with Crippen molar-refractivity contribution in [1.29, 1.82) is 0 Å². The summed E-state index contributed by atoms with van der Waals surface area (Å²) < 4.78 is 0. The van der Waals surface area contributed by atoms with Crippen molar-refractivity contribution in [3.8, 4) is 0 Å². The molecule has 1 aliphatic heterocycles. The fraction of sp³-hybridized carbons (Fsp3) is 0.643. The Bertz CT molecular complexity index is 347. The molecule has 1 saturated heterocycles. The van der Waals surface area contributed by atoms with Gasteiger partial charge in [0.2, 0.25) is 0 Å². The summed E-state index contributed by atoms with van der Waals surface area (Å²) in [5.74, 6) is 0.791. The Morgan fingerprint density at radius 1 is 1.50 bits per heavy atom. The maximum Gasteiger partial charge on any atom is 0.129 e. The van der Waals surface area contributed by atoms with Gasteiger partial charge in [-0.05, 0) is 50.0 Å². The van der Waals surface area contributed by atoms with E-state index in [0.29, 0.717) is 5.15 Å². The average Bonchev–Trinajstić information content (AvgIpc) is 2.41. The van der Waals surface area contributed by atoms with E-state index < -0.39 is 0 Å². The summed E-state index contributed by atoms with van der Waals surface area (Å²) in [5.41, 5.74) is 1.24. The first-order valence-corrected chi connectivity index (χ1v) is 7.19. The molecule has 0 saturated carbocycles. The van der Waals surface area contributed by atoms with Crippen LogP contribution in [0.2, 0.25) is 5.15 Å². The maximum absolute atomic E-state index is 5.80. The van der Waals surface area contributed by atoms with Gasteiger partial charge >= 0.3 is 0 Å². The van der Waals surface area contributed by atoms with E-state index in [0.717, 1.165) is 25.6 Å². The zero-order valence-corrected chi connectivity index (χ0v) is 11.8. The maximum atomic E-state index is 5.80. The lowest BCUT2D eigenvalue weighted by molar-refractivity contribution is 0.209. The minimum Gasteiger partial charge on any atom is -0.316 e. The molecule has 4 heteroatoms. The van der Waals surface area contributed by atoms with Crippen LogP contribution < -0.4 is 5.32 Å². The smallest absolute Gasteiger partial charge is 0.129 e. The molecule has 1 unspecified atom stereocenters. The lowest BCUT2D eigenvalue weighted by atomic mass is 9.99. The Labute approximate surface area is 115 Å². The fourth-order valence-corrected chi connectivity index (χ4v) is 2.62. The summed E-state index contributed by atoms with van der Waals surface area (Å²) >= 11 is 5.80. The standard InChI is InChI=1S/C14H22ClN3/c1-2-18(10-12-4-3-7-16-8-12)11-13-5-6-14(15)17-9-13/h5-6,9,12,16H,2-4,7-8,10-11H2,1H3. The Morgan fingerprint density at radius 3 is 3.00 bits per heavy atom. The molecule has 0 aliphatic carbocycles. The van der Waals surface area contributed by atoms with Gasteiger partial charge < -0.3 is 5.32 Å². The van der Waals surface area contributed by atoms with Crippen molar-refractivity contribution in [3.63, 3.8) is 0 Å². The summed E-state index contributed by atoms with van der Waals surface area (Å²) in [5, 5.41) is 4.05. The van der Waals surface area contributed by atoms with Crippen molar-refractivity contribution < 1.29 is 0 Å². The molecular formula is C14H22ClN3. The number of halogens is 1. The third-order valence-electron chi connectivity index (χ3n) is 3.56. The Hall–Kier alpha value is -0.640.